The van der Waals surface area contributed by atoms with Crippen LogP contribution in [0.3, 0.4) is 0 Å². The first-order chi connectivity index (χ1) is 9.70. The second kappa shape index (κ2) is 5.06. The van der Waals surface area contributed by atoms with E-state index in [-0.39, 0.29) is 17.6 Å². The monoisotopic (exact) mass is 290 g/mol. The maximum Gasteiger partial charge on any atom is 0.249 e. The molecular weight excluding hydrogens is 268 g/mol. The molecule has 5 nitrogen and oxygen atoms in total. The topological polar surface area (TPSA) is 69.6 Å². The molecule has 1 fully saturated rings. The van der Waals surface area contributed by atoms with Crippen LogP contribution < -0.4 is 5.32 Å². The molecule has 21 heavy (non-hydrogen) atoms. The number of amides is 2. The number of piperazine rings is 1. The molecule has 0 radical (unpaired) electrons. The molecular formula is C16H22N2O3. The minimum absolute atomic E-state index is 0.0991. The first-order valence-corrected chi connectivity index (χ1v) is 7.13. The van der Waals surface area contributed by atoms with Gasteiger partial charge in [-0.1, -0.05) is 19.1 Å². The minimum Gasteiger partial charge on any atom is -0.508 e. The van der Waals surface area contributed by atoms with Gasteiger partial charge in [-0.05, 0) is 44.9 Å². The Kier molecular flexibility index (Phi) is 3.70. The van der Waals surface area contributed by atoms with Crippen molar-refractivity contribution in [2.45, 2.75) is 51.7 Å². The summed E-state index contributed by atoms with van der Waals surface area (Å²) in [7, 11) is 0. The Morgan fingerprint density at radius 1 is 1.24 bits per heavy atom. The van der Waals surface area contributed by atoms with Crippen molar-refractivity contribution in [1.82, 2.24) is 10.2 Å². The fraction of sp³-hybridized carbons (Fsp3) is 0.500. The van der Waals surface area contributed by atoms with E-state index >= 15 is 0 Å². The van der Waals surface area contributed by atoms with E-state index in [4.69, 9.17) is 0 Å². The molecule has 1 heterocycles. The van der Waals surface area contributed by atoms with E-state index in [1.165, 1.54) is 0 Å². The Morgan fingerprint density at radius 3 is 2.48 bits per heavy atom. The van der Waals surface area contributed by atoms with Crippen molar-refractivity contribution >= 4 is 11.8 Å². The fourth-order valence-electron chi connectivity index (χ4n) is 2.48. The molecule has 2 N–H and O–H groups in total. The van der Waals surface area contributed by atoms with Crippen LogP contribution in [0.5, 0.6) is 5.75 Å². The number of benzene rings is 1. The zero-order valence-electron chi connectivity index (χ0n) is 12.9. The predicted molar refractivity (Wildman–Crippen MR) is 79.6 cm³/mol. The van der Waals surface area contributed by atoms with Crippen LogP contribution in [0.15, 0.2) is 24.3 Å². The number of aromatic hydroxyl groups is 1. The van der Waals surface area contributed by atoms with Crippen LogP contribution >= 0.6 is 0 Å². The molecule has 0 spiro atoms. The lowest BCUT2D eigenvalue weighted by atomic mass is 9.86. The van der Waals surface area contributed by atoms with Gasteiger partial charge in [0.2, 0.25) is 11.8 Å². The molecule has 114 valence electrons. The second-order valence-electron chi connectivity index (χ2n) is 6.26. The molecule has 1 aliphatic heterocycles. The third-order valence-corrected chi connectivity index (χ3v) is 4.30. The van der Waals surface area contributed by atoms with Crippen LogP contribution in [0.2, 0.25) is 0 Å². The zero-order chi connectivity index (χ0) is 15.8. The number of carbonyl (C=O) groups excluding carboxylic acids is 2. The van der Waals surface area contributed by atoms with Gasteiger partial charge in [0, 0.05) is 6.54 Å². The van der Waals surface area contributed by atoms with E-state index in [2.05, 4.69) is 5.32 Å². The highest BCUT2D eigenvalue weighted by Crippen LogP contribution is 2.30. The van der Waals surface area contributed by atoms with Gasteiger partial charge in [0.15, 0.2) is 0 Å². The summed E-state index contributed by atoms with van der Waals surface area (Å²) in [4.78, 5) is 26.7. The zero-order valence-corrected chi connectivity index (χ0v) is 12.9. The number of phenols is 1. The van der Waals surface area contributed by atoms with Gasteiger partial charge < -0.3 is 15.3 Å². The molecule has 0 bridgehead atoms. The number of nitrogens with one attached hydrogen (secondary N) is 1. The molecule has 1 atom stereocenters. The summed E-state index contributed by atoms with van der Waals surface area (Å²) < 4.78 is 0. The summed E-state index contributed by atoms with van der Waals surface area (Å²) in [5.41, 5.74) is -0.995. The predicted octanol–water partition coefficient (Wildman–Crippen LogP) is 1.80. The Bertz CT molecular complexity index is 583. The van der Waals surface area contributed by atoms with Crippen molar-refractivity contribution in [2.24, 2.45) is 0 Å². The number of nitrogens with zero attached hydrogens (tertiary/aromatic N) is 1. The molecule has 1 unspecified atom stereocenters. The van der Waals surface area contributed by atoms with E-state index in [1.807, 2.05) is 13.0 Å². The van der Waals surface area contributed by atoms with Gasteiger partial charge in [0.25, 0.3) is 0 Å². The SMILES string of the molecule is CCC1(C)NC(=O)C(C)(C)N(Cc2cccc(O)c2)C1=O. The highest BCUT2D eigenvalue weighted by Gasteiger charge is 2.51. The smallest absolute Gasteiger partial charge is 0.249 e. The van der Waals surface area contributed by atoms with Gasteiger partial charge >= 0.3 is 0 Å². The number of hydrogen-bond acceptors (Lipinski definition) is 3. The van der Waals surface area contributed by atoms with Crippen molar-refractivity contribution < 1.29 is 14.7 Å². The molecule has 0 aliphatic carbocycles. The largest absolute Gasteiger partial charge is 0.508 e. The summed E-state index contributed by atoms with van der Waals surface area (Å²) in [6.45, 7) is 7.39. The third-order valence-electron chi connectivity index (χ3n) is 4.30. The average Bonchev–Trinajstić information content (AvgIpc) is 2.42. The van der Waals surface area contributed by atoms with Gasteiger partial charge in [-0.15, -0.1) is 0 Å². The van der Waals surface area contributed by atoms with Crippen LogP contribution in [0.25, 0.3) is 0 Å². The molecule has 1 aromatic rings. The van der Waals surface area contributed by atoms with Crippen molar-refractivity contribution in [3.05, 3.63) is 29.8 Å². The van der Waals surface area contributed by atoms with E-state index in [1.54, 1.807) is 43.9 Å². The van der Waals surface area contributed by atoms with Crippen LogP contribution in [-0.2, 0) is 16.1 Å². The Balaban J connectivity index is 2.37. The Labute approximate surface area is 125 Å². The van der Waals surface area contributed by atoms with Gasteiger partial charge in [0.1, 0.15) is 16.8 Å². The molecule has 1 saturated heterocycles. The molecule has 2 amide bonds. The first kappa shape index (κ1) is 15.4. The fourth-order valence-corrected chi connectivity index (χ4v) is 2.48. The van der Waals surface area contributed by atoms with Crippen LogP contribution in [0.4, 0.5) is 0 Å². The van der Waals surface area contributed by atoms with Gasteiger partial charge in [0.05, 0.1) is 0 Å². The molecule has 1 aliphatic rings. The first-order valence-electron chi connectivity index (χ1n) is 7.13. The van der Waals surface area contributed by atoms with Crippen LogP contribution in [0.1, 0.15) is 39.7 Å². The summed E-state index contributed by atoms with van der Waals surface area (Å²) in [5, 5.41) is 12.4. The van der Waals surface area contributed by atoms with Crippen molar-refractivity contribution in [2.75, 3.05) is 0 Å². The van der Waals surface area contributed by atoms with E-state index in [0.29, 0.717) is 13.0 Å². The minimum atomic E-state index is -0.919. The molecule has 0 saturated carbocycles. The Hall–Kier alpha value is -2.04. The number of rotatable bonds is 3. The lowest BCUT2D eigenvalue weighted by Crippen LogP contribution is -2.72. The van der Waals surface area contributed by atoms with Crippen molar-refractivity contribution in [1.29, 1.82) is 0 Å². The normalized spacial score (nSPS) is 24.9. The molecule has 2 rings (SSSR count). The maximum absolute atomic E-state index is 12.8. The highest BCUT2D eigenvalue weighted by molar-refractivity contribution is 6.01. The van der Waals surface area contributed by atoms with Gasteiger partial charge in [-0.2, -0.15) is 0 Å². The number of phenolic OH excluding ortho intramolecular Hbond substituents is 1. The molecule has 1 aromatic carbocycles. The van der Waals surface area contributed by atoms with Gasteiger partial charge in [-0.3, -0.25) is 9.59 Å². The third kappa shape index (κ3) is 2.60. The average molecular weight is 290 g/mol. The Morgan fingerprint density at radius 2 is 1.90 bits per heavy atom. The van der Waals surface area contributed by atoms with E-state index in [0.717, 1.165) is 5.56 Å². The van der Waals surface area contributed by atoms with E-state index in [9.17, 15) is 14.7 Å². The summed E-state index contributed by atoms with van der Waals surface area (Å²) in [6, 6.07) is 6.75. The lowest BCUT2D eigenvalue weighted by molar-refractivity contribution is -0.161. The summed E-state index contributed by atoms with van der Waals surface area (Å²) in [5.74, 6) is -0.109. The quantitative estimate of drug-likeness (QED) is 0.892. The van der Waals surface area contributed by atoms with Crippen LogP contribution in [0, 0.1) is 0 Å². The number of hydrogen-bond donors (Lipinski definition) is 2. The maximum atomic E-state index is 12.8. The van der Waals surface area contributed by atoms with Crippen molar-refractivity contribution in [3.63, 3.8) is 0 Å². The summed E-state index contributed by atoms with van der Waals surface area (Å²) >= 11 is 0. The molecule has 5 heteroatoms. The summed E-state index contributed by atoms with van der Waals surface area (Å²) in [6.07, 6.45) is 0.532. The second-order valence-corrected chi connectivity index (χ2v) is 6.26. The number of carbonyl (C=O) groups is 2. The van der Waals surface area contributed by atoms with Gasteiger partial charge in [-0.25, -0.2) is 0 Å². The molecule has 0 aromatic heterocycles. The highest BCUT2D eigenvalue weighted by atomic mass is 16.3. The standard InChI is InChI=1S/C16H22N2O3/c1-5-16(4)14(21)18(15(2,3)13(20)17-16)10-11-7-6-8-12(19)9-11/h6-9,19H,5,10H2,1-4H3,(H,17,20). The van der Waals surface area contributed by atoms with Crippen LogP contribution in [-0.4, -0.2) is 32.9 Å². The van der Waals surface area contributed by atoms with Crippen molar-refractivity contribution in [3.8, 4) is 5.75 Å². The van der Waals surface area contributed by atoms with E-state index < -0.39 is 11.1 Å². The lowest BCUT2D eigenvalue weighted by Gasteiger charge is -2.48.